The second-order valence-electron chi connectivity index (χ2n) is 4.45. The number of carbonyl (C=O) groups excluding carboxylic acids is 1. The highest BCUT2D eigenvalue weighted by atomic mass is 16.5. The Labute approximate surface area is 86.5 Å². The molecule has 0 aliphatic heterocycles. The number of rotatable bonds is 7. The van der Waals surface area contributed by atoms with Crippen molar-refractivity contribution in [2.24, 2.45) is 5.92 Å². The Morgan fingerprint density at radius 3 is 2.43 bits per heavy atom. The van der Waals surface area contributed by atoms with Crippen molar-refractivity contribution in [2.45, 2.75) is 46.1 Å². The molecule has 0 aromatic carbocycles. The van der Waals surface area contributed by atoms with Gasteiger partial charge in [-0.25, -0.2) is 0 Å². The number of ether oxygens (including phenoxy) is 1. The van der Waals surface area contributed by atoms with Crippen LogP contribution in [0, 0.1) is 5.92 Å². The van der Waals surface area contributed by atoms with Crippen molar-refractivity contribution in [1.82, 2.24) is 0 Å². The fraction of sp³-hybridized carbons (Fsp3) is 0.909. The zero-order chi connectivity index (χ0) is 11.2. The van der Waals surface area contributed by atoms with E-state index in [2.05, 4.69) is 0 Å². The van der Waals surface area contributed by atoms with E-state index < -0.39 is 0 Å². The van der Waals surface area contributed by atoms with Crippen molar-refractivity contribution >= 4 is 5.78 Å². The van der Waals surface area contributed by atoms with E-state index in [0.717, 1.165) is 0 Å². The Bertz CT molecular complexity index is 173. The van der Waals surface area contributed by atoms with Gasteiger partial charge in [-0.1, -0.05) is 13.8 Å². The average molecular weight is 202 g/mol. The molecule has 0 heterocycles. The van der Waals surface area contributed by atoms with Crippen molar-refractivity contribution in [3.05, 3.63) is 0 Å². The fourth-order valence-electron chi connectivity index (χ4n) is 1.06. The van der Waals surface area contributed by atoms with Gasteiger partial charge in [0.1, 0.15) is 5.78 Å². The van der Waals surface area contributed by atoms with Crippen molar-refractivity contribution in [3.63, 3.8) is 0 Å². The molecule has 3 nitrogen and oxygen atoms in total. The molecule has 0 aromatic heterocycles. The van der Waals surface area contributed by atoms with E-state index in [1.54, 1.807) is 0 Å². The molecule has 0 aliphatic carbocycles. The number of carbonyl (C=O) groups is 1. The van der Waals surface area contributed by atoms with Gasteiger partial charge in [0.15, 0.2) is 0 Å². The predicted molar refractivity (Wildman–Crippen MR) is 56.2 cm³/mol. The molecule has 0 unspecified atom stereocenters. The van der Waals surface area contributed by atoms with E-state index in [9.17, 15) is 4.79 Å². The first-order valence-electron chi connectivity index (χ1n) is 5.16. The first-order chi connectivity index (χ1) is 6.39. The molecule has 14 heavy (non-hydrogen) atoms. The maximum absolute atomic E-state index is 11.3. The topological polar surface area (TPSA) is 46.5 Å². The lowest BCUT2D eigenvalue weighted by atomic mass is 10.0. The minimum absolute atomic E-state index is 0.0829. The van der Waals surface area contributed by atoms with Crippen molar-refractivity contribution in [1.29, 1.82) is 0 Å². The zero-order valence-electron chi connectivity index (χ0n) is 9.67. The van der Waals surface area contributed by atoms with Crippen molar-refractivity contribution in [3.8, 4) is 0 Å². The van der Waals surface area contributed by atoms with Gasteiger partial charge in [-0.15, -0.1) is 0 Å². The lowest BCUT2D eigenvalue weighted by Crippen LogP contribution is -2.27. The molecule has 0 saturated carbocycles. The molecular weight excluding hydrogens is 180 g/mol. The van der Waals surface area contributed by atoms with Gasteiger partial charge in [-0.2, -0.15) is 0 Å². The third-order valence-corrected chi connectivity index (χ3v) is 2.20. The molecule has 3 heteroatoms. The summed E-state index contributed by atoms with van der Waals surface area (Å²) in [7, 11) is 0. The molecule has 0 amide bonds. The van der Waals surface area contributed by atoms with E-state index in [0.29, 0.717) is 19.4 Å². The molecule has 0 aliphatic rings. The van der Waals surface area contributed by atoms with Gasteiger partial charge >= 0.3 is 0 Å². The molecule has 0 bridgehead atoms. The second kappa shape index (κ2) is 6.14. The van der Waals surface area contributed by atoms with Gasteiger partial charge in [0.25, 0.3) is 0 Å². The van der Waals surface area contributed by atoms with Crippen LogP contribution in [0.4, 0.5) is 0 Å². The molecule has 0 saturated heterocycles. The lowest BCUT2D eigenvalue weighted by Gasteiger charge is -2.24. The molecule has 0 radical (unpaired) electrons. The van der Waals surface area contributed by atoms with Crippen molar-refractivity contribution in [2.75, 3.05) is 13.2 Å². The van der Waals surface area contributed by atoms with Crippen LogP contribution in [0.2, 0.25) is 0 Å². The lowest BCUT2D eigenvalue weighted by molar-refractivity contribution is -0.124. The van der Waals surface area contributed by atoms with Gasteiger partial charge in [-0.05, 0) is 20.3 Å². The minimum atomic E-state index is -0.327. The van der Waals surface area contributed by atoms with E-state index >= 15 is 0 Å². The Hall–Kier alpha value is -0.410. The van der Waals surface area contributed by atoms with Crippen LogP contribution in [0.25, 0.3) is 0 Å². The number of ketones is 1. The van der Waals surface area contributed by atoms with E-state index in [-0.39, 0.29) is 23.9 Å². The van der Waals surface area contributed by atoms with Gasteiger partial charge < -0.3 is 9.84 Å². The van der Waals surface area contributed by atoms with Crippen LogP contribution in [0.1, 0.15) is 40.5 Å². The number of hydrogen-bond donors (Lipinski definition) is 1. The monoisotopic (exact) mass is 202 g/mol. The summed E-state index contributed by atoms with van der Waals surface area (Å²) < 4.78 is 5.51. The summed E-state index contributed by atoms with van der Waals surface area (Å²) >= 11 is 0. The van der Waals surface area contributed by atoms with Crippen LogP contribution in [-0.4, -0.2) is 29.7 Å². The summed E-state index contributed by atoms with van der Waals surface area (Å²) in [6.45, 7) is 8.18. The summed E-state index contributed by atoms with van der Waals surface area (Å²) in [4.78, 5) is 11.3. The van der Waals surface area contributed by atoms with Crippen molar-refractivity contribution < 1.29 is 14.6 Å². The summed E-state index contributed by atoms with van der Waals surface area (Å²) in [5.41, 5.74) is -0.327. The quantitative estimate of drug-likeness (QED) is 0.684. The molecule has 0 rings (SSSR count). The second-order valence-corrected chi connectivity index (χ2v) is 4.45. The van der Waals surface area contributed by atoms with Crippen LogP contribution in [-0.2, 0) is 9.53 Å². The third kappa shape index (κ3) is 6.11. The van der Waals surface area contributed by atoms with E-state index in [1.807, 2.05) is 27.7 Å². The predicted octanol–water partition coefficient (Wildman–Crippen LogP) is 1.78. The SMILES string of the molecule is CC(C)C(=O)CCOC(C)(C)CCO. The highest BCUT2D eigenvalue weighted by Crippen LogP contribution is 2.14. The number of hydrogen-bond acceptors (Lipinski definition) is 3. The molecule has 0 atom stereocenters. The average Bonchev–Trinajstić information content (AvgIpc) is 2.03. The molecule has 84 valence electrons. The smallest absolute Gasteiger partial charge is 0.137 e. The highest BCUT2D eigenvalue weighted by molar-refractivity contribution is 5.80. The first-order valence-corrected chi connectivity index (χ1v) is 5.16. The molecule has 1 N–H and O–H groups in total. The van der Waals surface area contributed by atoms with Gasteiger partial charge in [0, 0.05) is 18.9 Å². The Balaban J connectivity index is 3.68. The molecule has 0 fully saturated rings. The summed E-state index contributed by atoms with van der Waals surface area (Å²) in [6, 6.07) is 0. The van der Waals surface area contributed by atoms with E-state index in [1.165, 1.54) is 0 Å². The summed E-state index contributed by atoms with van der Waals surface area (Å²) in [5.74, 6) is 0.310. The van der Waals surface area contributed by atoms with E-state index in [4.69, 9.17) is 9.84 Å². The van der Waals surface area contributed by atoms with Crippen LogP contribution in [0.15, 0.2) is 0 Å². The Kier molecular flexibility index (Phi) is 5.96. The summed E-state index contributed by atoms with van der Waals surface area (Å²) in [6.07, 6.45) is 1.06. The molecular formula is C11H22O3. The molecule has 0 aromatic rings. The fourth-order valence-corrected chi connectivity index (χ4v) is 1.06. The number of aliphatic hydroxyl groups is 1. The van der Waals surface area contributed by atoms with Gasteiger partial charge in [0.05, 0.1) is 12.2 Å². The first kappa shape index (κ1) is 13.6. The number of Topliss-reactive ketones (excluding diaryl/α,β-unsaturated/α-hetero) is 1. The largest absolute Gasteiger partial charge is 0.396 e. The van der Waals surface area contributed by atoms with Crippen LogP contribution < -0.4 is 0 Å². The standard InChI is InChI=1S/C11H22O3/c1-9(2)10(13)5-8-14-11(3,4)6-7-12/h9,12H,5-8H2,1-4H3. The minimum Gasteiger partial charge on any atom is -0.396 e. The Morgan fingerprint density at radius 1 is 1.43 bits per heavy atom. The Morgan fingerprint density at radius 2 is 2.00 bits per heavy atom. The maximum atomic E-state index is 11.3. The normalized spacial score (nSPS) is 12.1. The summed E-state index contributed by atoms with van der Waals surface area (Å²) in [5, 5.41) is 8.75. The van der Waals surface area contributed by atoms with Crippen LogP contribution >= 0.6 is 0 Å². The van der Waals surface area contributed by atoms with Crippen LogP contribution in [0.5, 0.6) is 0 Å². The van der Waals surface area contributed by atoms with Gasteiger partial charge in [0.2, 0.25) is 0 Å². The molecule has 0 spiro atoms. The van der Waals surface area contributed by atoms with Crippen LogP contribution in [0.3, 0.4) is 0 Å². The highest BCUT2D eigenvalue weighted by Gasteiger charge is 2.18. The van der Waals surface area contributed by atoms with Gasteiger partial charge in [-0.3, -0.25) is 4.79 Å². The zero-order valence-corrected chi connectivity index (χ0v) is 9.67. The number of aliphatic hydroxyl groups excluding tert-OH is 1. The third-order valence-electron chi connectivity index (χ3n) is 2.20. The maximum Gasteiger partial charge on any atom is 0.137 e.